The van der Waals surface area contributed by atoms with Crippen LogP contribution in [0.4, 0.5) is 11.5 Å². The molecule has 1 aromatic heterocycles. The normalized spacial score (nSPS) is 14.2. The first-order valence-electron chi connectivity index (χ1n) is 6.96. The molecule has 0 atom stereocenters. The van der Waals surface area contributed by atoms with E-state index in [0.717, 1.165) is 36.8 Å². The topological polar surface area (TPSA) is 53.4 Å². The van der Waals surface area contributed by atoms with E-state index in [0.29, 0.717) is 0 Å². The monoisotopic (exact) mass is 280 g/mol. The SMILES string of the molecule is O=C(O)/C=C/c1ccc(N2CCCc3ccccc32)nc1. The number of para-hydroxylation sites is 1. The van der Waals surface area contributed by atoms with Crippen molar-refractivity contribution in [2.24, 2.45) is 0 Å². The highest BCUT2D eigenvalue weighted by Gasteiger charge is 2.18. The lowest BCUT2D eigenvalue weighted by atomic mass is 10.0. The van der Waals surface area contributed by atoms with Crippen molar-refractivity contribution in [2.75, 3.05) is 11.4 Å². The van der Waals surface area contributed by atoms with Crippen molar-refractivity contribution in [3.05, 3.63) is 59.8 Å². The number of aromatic nitrogens is 1. The Kier molecular flexibility index (Phi) is 3.69. The van der Waals surface area contributed by atoms with Gasteiger partial charge < -0.3 is 10.0 Å². The van der Waals surface area contributed by atoms with Gasteiger partial charge in [-0.2, -0.15) is 0 Å². The summed E-state index contributed by atoms with van der Waals surface area (Å²) in [6, 6.07) is 12.2. The second-order valence-electron chi connectivity index (χ2n) is 5.01. The van der Waals surface area contributed by atoms with E-state index in [9.17, 15) is 4.79 Å². The molecule has 0 fully saturated rings. The number of nitrogens with zero attached hydrogens (tertiary/aromatic N) is 2. The van der Waals surface area contributed by atoms with Gasteiger partial charge in [0.15, 0.2) is 0 Å². The maximum Gasteiger partial charge on any atom is 0.328 e. The number of pyridine rings is 1. The number of rotatable bonds is 3. The minimum Gasteiger partial charge on any atom is -0.478 e. The molecule has 1 aliphatic rings. The van der Waals surface area contributed by atoms with Crippen LogP contribution in [0, 0.1) is 0 Å². The van der Waals surface area contributed by atoms with Gasteiger partial charge in [0.25, 0.3) is 0 Å². The van der Waals surface area contributed by atoms with Crippen molar-refractivity contribution in [3.63, 3.8) is 0 Å². The van der Waals surface area contributed by atoms with Crippen LogP contribution in [0.1, 0.15) is 17.5 Å². The standard InChI is InChI=1S/C17H16N2O2/c20-17(21)10-8-13-7-9-16(18-12-13)19-11-3-5-14-4-1-2-6-15(14)19/h1-2,4,6-10,12H,3,5,11H2,(H,20,21)/b10-8+. The van der Waals surface area contributed by atoms with Gasteiger partial charge in [0.2, 0.25) is 0 Å². The second kappa shape index (κ2) is 5.79. The van der Waals surface area contributed by atoms with Gasteiger partial charge >= 0.3 is 5.97 Å². The third kappa shape index (κ3) is 2.94. The first-order chi connectivity index (χ1) is 10.2. The fourth-order valence-corrected chi connectivity index (χ4v) is 2.59. The summed E-state index contributed by atoms with van der Waals surface area (Å²) in [7, 11) is 0. The van der Waals surface area contributed by atoms with Gasteiger partial charge in [0.05, 0.1) is 0 Å². The Balaban J connectivity index is 1.87. The zero-order valence-electron chi connectivity index (χ0n) is 11.6. The van der Waals surface area contributed by atoms with Crippen LogP contribution in [-0.4, -0.2) is 22.6 Å². The van der Waals surface area contributed by atoms with Gasteiger partial charge in [0, 0.05) is 24.5 Å². The Morgan fingerprint density at radius 2 is 2.10 bits per heavy atom. The Morgan fingerprint density at radius 3 is 2.86 bits per heavy atom. The molecule has 1 aliphatic heterocycles. The lowest BCUT2D eigenvalue weighted by molar-refractivity contribution is -0.131. The number of hydrogen-bond acceptors (Lipinski definition) is 3. The molecule has 0 amide bonds. The lowest BCUT2D eigenvalue weighted by Gasteiger charge is -2.30. The minimum absolute atomic E-state index is 0.784. The van der Waals surface area contributed by atoms with Crippen LogP contribution in [0.25, 0.3) is 6.08 Å². The fourth-order valence-electron chi connectivity index (χ4n) is 2.59. The molecule has 0 bridgehead atoms. The highest BCUT2D eigenvalue weighted by Crippen LogP contribution is 2.32. The number of benzene rings is 1. The van der Waals surface area contributed by atoms with Crippen molar-refractivity contribution in [1.82, 2.24) is 4.98 Å². The van der Waals surface area contributed by atoms with E-state index >= 15 is 0 Å². The highest BCUT2D eigenvalue weighted by atomic mass is 16.4. The number of carbonyl (C=O) groups is 1. The lowest BCUT2D eigenvalue weighted by Crippen LogP contribution is -2.25. The number of carboxylic acids is 1. The second-order valence-corrected chi connectivity index (χ2v) is 5.01. The first-order valence-corrected chi connectivity index (χ1v) is 6.96. The van der Waals surface area contributed by atoms with Crippen molar-refractivity contribution >= 4 is 23.6 Å². The van der Waals surface area contributed by atoms with Crippen molar-refractivity contribution in [3.8, 4) is 0 Å². The summed E-state index contributed by atoms with van der Waals surface area (Å²) in [5, 5.41) is 8.63. The summed E-state index contributed by atoms with van der Waals surface area (Å²) in [5.74, 6) is -0.0568. The molecule has 2 aromatic rings. The van der Waals surface area contributed by atoms with Crippen LogP contribution < -0.4 is 4.90 Å². The summed E-state index contributed by atoms with van der Waals surface area (Å²) in [6.07, 6.45) is 6.58. The molecule has 0 saturated heterocycles. The van der Waals surface area contributed by atoms with E-state index in [4.69, 9.17) is 5.11 Å². The maximum absolute atomic E-state index is 10.5. The number of anilines is 2. The van der Waals surface area contributed by atoms with Crippen molar-refractivity contribution < 1.29 is 9.90 Å². The highest BCUT2D eigenvalue weighted by molar-refractivity contribution is 5.85. The maximum atomic E-state index is 10.5. The third-order valence-electron chi connectivity index (χ3n) is 3.58. The van der Waals surface area contributed by atoms with Gasteiger partial charge in [-0.1, -0.05) is 18.2 Å². The molecule has 2 heterocycles. The fraction of sp³-hybridized carbons (Fsp3) is 0.176. The summed E-state index contributed by atoms with van der Waals surface area (Å²) in [4.78, 5) is 17.2. The molecule has 0 radical (unpaired) electrons. The molecule has 1 N–H and O–H groups in total. The third-order valence-corrected chi connectivity index (χ3v) is 3.58. The van der Waals surface area contributed by atoms with E-state index in [1.807, 2.05) is 18.2 Å². The van der Waals surface area contributed by atoms with E-state index in [1.165, 1.54) is 11.3 Å². The largest absolute Gasteiger partial charge is 0.478 e. The first kappa shape index (κ1) is 13.4. The molecule has 0 aliphatic carbocycles. The molecule has 0 saturated carbocycles. The van der Waals surface area contributed by atoms with Crippen LogP contribution in [0.2, 0.25) is 0 Å². The summed E-state index contributed by atoms with van der Waals surface area (Å²) >= 11 is 0. The molecule has 4 nitrogen and oxygen atoms in total. The zero-order chi connectivity index (χ0) is 14.7. The number of hydrogen-bond donors (Lipinski definition) is 1. The minimum atomic E-state index is -0.955. The summed E-state index contributed by atoms with van der Waals surface area (Å²) < 4.78 is 0. The van der Waals surface area contributed by atoms with Gasteiger partial charge in [-0.05, 0) is 48.2 Å². The summed E-state index contributed by atoms with van der Waals surface area (Å²) in [5.41, 5.74) is 3.34. The van der Waals surface area contributed by atoms with Crippen LogP contribution >= 0.6 is 0 Å². The Bertz CT molecular complexity index is 677. The molecular formula is C17H16N2O2. The molecule has 0 spiro atoms. The van der Waals surface area contributed by atoms with E-state index < -0.39 is 5.97 Å². The van der Waals surface area contributed by atoms with Gasteiger partial charge in [0.1, 0.15) is 5.82 Å². The van der Waals surface area contributed by atoms with Crippen LogP contribution in [-0.2, 0) is 11.2 Å². The number of aryl methyl sites for hydroxylation is 1. The Morgan fingerprint density at radius 1 is 1.24 bits per heavy atom. The molecule has 3 rings (SSSR count). The molecule has 106 valence electrons. The molecule has 1 aromatic carbocycles. The number of carboxylic acid groups (broad SMARTS) is 1. The molecule has 0 unspecified atom stereocenters. The predicted molar refractivity (Wildman–Crippen MR) is 82.7 cm³/mol. The Labute approximate surface area is 123 Å². The van der Waals surface area contributed by atoms with Crippen LogP contribution in [0.3, 0.4) is 0 Å². The van der Waals surface area contributed by atoms with E-state index in [2.05, 4.69) is 28.1 Å². The number of aliphatic carboxylic acids is 1. The molecule has 4 heteroatoms. The van der Waals surface area contributed by atoms with Crippen LogP contribution in [0.5, 0.6) is 0 Å². The van der Waals surface area contributed by atoms with E-state index in [1.54, 1.807) is 12.3 Å². The van der Waals surface area contributed by atoms with Crippen molar-refractivity contribution in [1.29, 1.82) is 0 Å². The van der Waals surface area contributed by atoms with E-state index in [-0.39, 0.29) is 0 Å². The van der Waals surface area contributed by atoms with Gasteiger partial charge in [-0.3, -0.25) is 0 Å². The average Bonchev–Trinajstić information content (AvgIpc) is 2.53. The van der Waals surface area contributed by atoms with Gasteiger partial charge in [-0.15, -0.1) is 0 Å². The average molecular weight is 280 g/mol. The smallest absolute Gasteiger partial charge is 0.328 e. The van der Waals surface area contributed by atoms with Crippen LogP contribution in [0.15, 0.2) is 48.7 Å². The van der Waals surface area contributed by atoms with Crippen molar-refractivity contribution in [2.45, 2.75) is 12.8 Å². The Hall–Kier alpha value is -2.62. The zero-order valence-corrected chi connectivity index (χ0v) is 11.6. The predicted octanol–water partition coefficient (Wildman–Crippen LogP) is 3.26. The molecule has 21 heavy (non-hydrogen) atoms. The molecular weight excluding hydrogens is 264 g/mol. The quantitative estimate of drug-likeness (QED) is 0.877. The van der Waals surface area contributed by atoms with Gasteiger partial charge in [-0.25, -0.2) is 9.78 Å². The number of fused-ring (bicyclic) bond motifs is 1. The summed E-state index contributed by atoms with van der Waals surface area (Å²) in [6.45, 7) is 0.953.